The van der Waals surface area contributed by atoms with Crippen molar-refractivity contribution in [3.8, 4) is 0 Å². The van der Waals surface area contributed by atoms with Crippen LogP contribution in [0.15, 0.2) is 24.4 Å². The number of pyridine rings is 1. The van der Waals surface area contributed by atoms with Crippen molar-refractivity contribution in [2.45, 2.75) is 31.7 Å². The number of sulfonamides is 1. The van der Waals surface area contributed by atoms with E-state index in [4.69, 9.17) is 5.73 Å². The van der Waals surface area contributed by atoms with Crippen molar-refractivity contribution in [2.24, 2.45) is 5.73 Å². The van der Waals surface area contributed by atoms with Crippen molar-refractivity contribution in [3.63, 3.8) is 0 Å². The molecule has 106 valence electrons. The average Bonchev–Trinajstić information content (AvgIpc) is 3.23. The Balaban J connectivity index is 1.95. The molecule has 0 amide bonds. The fraction of sp³-hybridized carbons (Fsp3) is 0.615. The Morgan fingerprint density at radius 1 is 1.37 bits per heavy atom. The van der Waals surface area contributed by atoms with Crippen LogP contribution in [0, 0.1) is 0 Å². The van der Waals surface area contributed by atoms with Crippen LogP contribution in [0.25, 0.3) is 0 Å². The summed E-state index contributed by atoms with van der Waals surface area (Å²) in [6.07, 6.45) is 4.84. The second kappa shape index (κ2) is 6.45. The predicted octanol–water partition coefficient (Wildman–Crippen LogP) is 0.767. The van der Waals surface area contributed by atoms with E-state index in [0.717, 1.165) is 25.0 Å². The molecule has 1 fully saturated rings. The Labute approximate surface area is 114 Å². The molecule has 1 aromatic heterocycles. The summed E-state index contributed by atoms with van der Waals surface area (Å²) < 4.78 is 26.3. The molecular weight excluding hydrogens is 262 g/mol. The molecule has 0 saturated heterocycles. The van der Waals surface area contributed by atoms with Gasteiger partial charge in [0.25, 0.3) is 0 Å². The lowest BCUT2D eigenvalue weighted by molar-refractivity contribution is 0.399. The maximum Gasteiger partial charge on any atom is 0.214 e. The summed E-state index contributed by atoms with van der Waals surface area (Å²) in [5, 5.41) is 0. The van der Waals surface area contributed by atoms with Crippen LogP contribution in [0.1, 0.15) is 25.0 Å². The van der Waals surface area contributed by atoms with E-state index in [0.29, 0.717) is 19.5 Å². The highest BCUT2D eigenvalue weighted by Crippen LogP contribution is 2.29. The lowest BCUT2D eigenvalue weighted by atomic mass is 10.3. The molecule has 1 heterocycles. The second-order valence-corrected chi connectivity index (χ2v) is 6.91. The summed E-state index contributed by atoms with van der Waals surface area (Å²) in [6.45, 7) is 1.07. The Morgan fingerprint density at radius 2 is 2.16 bits per heavy atom. The first-order chi connectivity index (χ1) is 9.13. The maximum atomic E-state index is 12.3. The minimum Gasteiger partial charge on any atom is -0.330 e. The van der Waals surface area contributed by atoms with Gasteiger partial charge in [-0.3, -0.25) is 4.98 Å². The summed E-state index contributed by atoms with van der Waals surface area (Å²) in [6, 6.07) is 5.77. The molecule has 1 aromatic rings. The summed E-state index contributed by atoms with van der Waals surface area (Å²) in [4.78, 5) is 4.16. The molecule has 0 radical (unpaired) electrons. The van der Waals surface area contributed by atoms with Crippen molar-refractivity contribution in [1.29, 1.82) is 0 Å². The van der Waals surface area contributed by atoms with Crippen LogP contribution in [0.3, 0.4) is 0 Å². The molecule has 19 heavy (non-hydrogen) atoms. The van der Waals surface area contributed by atoms with E-state index in [1.54, 1.807) is 10.5 Å². The molecule has 6 heteroatoms. The van der Waals surface area contributed by atoms with Crippen LogP contribution in [-0.2, 0) is 16.4 Å². The van der Waals surface area contributed by atoms with E-state index in [-0.39, 0.29) is 11.8 Å². The fourth-order valence-corrected chi connectivity index (χ4v) is 3.83. The van der Waals surface area contributed by atoms with Gasteiger partial charge in [0.2, 0.25) is 10.0 Å². The number of nitrogens with zero attached hydrogens (tertiary/aromatic N) is 2. The third-order valence-corrected chi connectivity index (χ3v) is 5.15. The fourth-order valence-electron chi connectivity index (χ4n) is 2.06. The molecule has 0 bridgehead atoms. The number of hydrogen-bond donors (Lipinski definition) is 1. The van der Waals surface area contributed by atoms with Crippen LogP contribution in [0.4, 0.5) is 0 Å². The predicted molar refractivity (Wildman–Crippen MR) is 75.1 cm³/mol. The number of aryl methyl sites for hydroxylation is 1. The van der Waals surface area contributed by atoms with Gasteiger partial charge in [-0.25, -0.2) is 8.42 Å². The summed E-state index contributed by atoms with van der Waals surface area (Å²) in [5.41, 5.74) is 6.29. The highest BCUT2D eigenvalue weighted by atomic mass is 32.2. The van der Waals surface area contributed by atoms with E-state index in [1.807, 2.05) is 18.2 Å². The number of nitrogens with two attached hydrogens (primary N) is 1. The minimum atomic E-state index is -3.19. The maximum absolute atomic E-state index is 12.3. The van der Waals surface area contributed by atoms with E-state index >= 15 is 0 Å². The molecule has 2 rings (SSSR count). The van der Waals surface area contributed by atoms with Crippen LogP contribution in [0.5, 0.6) is 0 Å². The van der Waals surface area contributed by atoms with Crippen molar-refractivity contribution in [2.75, 3.05) is 18.8 Å². The lowest BCUT2D eigenvalue weighted by Gasteiger charge is -2.21. The van der Waals surface area contributed by atoms with Crippen LogP contribution in [0.2, 0.25) is 0 Å². The van der Waals surface area contributed by atoms with E-state index < -0.39 is 10.0 Å². The molecule has 0 spiro atoms. The van der Waals surface area contributed by atoms with Crippen LogP contribution >= 0.6 is 0 Å². The molecule has 0 aliphatic heterocycles. The average molecular weight is 283 g/mol. The van der Waals surface area contributed by atoms with Crippen LogP contribution in [-0.4, -0.2) is 42.6 Å². The number of hydrogen-bond acceptors (Lipinski definition) is 4. The van der Waals surface area contributed by atoms with Gasteiger partial charge in [0, 0.05) is 30.9 Å². The molecule has 2 N–H and O–H groups in total. The van der Waals surface area contributed by atoms with Gasteiger partial charge in [-0.1, -0.05) is 6.07 Å². The van der Waals surface area contributed by atoms with Gasteiger partial charge < -0.3 is 5.73 Å². The zero-order valence-corrected chi connectivity index (χ0v) is 11.8. The van der Waals surface area contributed by atoms with Crippen molar-refractivity contribution in [3.05, 3.63) is 30.1 Å². The third-order valence-electron chi connectivity index (χ3n) is 3.24. The Morgan fingerprint density at radius 3 is 2.74 bits per heavy atom. The minimum absolute atomic E-state index is 0.130. The zero-order chi connectivity index (χ0) is 13.7. The molecule has 1 aliphatic rings. The Bertz CT molecular complexity index is 486. The Hall–Kier alpha value is -0.980. The first kappa shape index (κ1) is 14.4. The summed E-state index contributed by atoms with van der Waals surface area (Å²) in [7, 11) is -3.19. The van der Waals surface area contributed by atoms with Crippen molar-refractivity contribution in [1.82, 2.24) is 9.29 Å². The highest BCUT2D eigenvalue weighted by Gasteiger charge is 2.36. The number of aromatic nitrogens is 1. The summed E-state index contributed by atoms with van der Waals surface area (Å²) in [5.74, 6) is 0.130. The van der Waals surface area contributed by atoms with Gasteiger partial charge in [0.05, 0.1) is 5.75 Å². The standard InChI is InChI=1S/C13H21N3O2S/c14-8-3-10-16(13-5-6-13)19(17,18)11-7-12-4-1-2-9-15-12/h1-2,4,9,13H,3,5-8,10-11,14H2. The van der Waals surface area contributed by atoms with E-state index in [9.17, 15) is 8.42 Å². The quantitative estimate of drug-likeness (QED) is 0.764. The van der Waals surface area contributed by atoms with Gasteiger partial charge >= 0.3 is 0 Å². The second-order valence-electron chi connectivity index (χ2n) is 4.87. The van der Waals surface area contributed by atoms with Crippen LogP contribution < -0.4 is 5.73 Å². The smallest absolute Gasteiger partial charge is 0.214 e. The Kier molecular flexibility index (Phi) is 4.90. The SMILES string of the molecule is NCCCN(C1CC1)S(=O)(=O)CCc1ccccn1. The largest absolute Gasteiger partial charge is 0.330 e. The van der Waals surface area contributed by atoms with Gasteiger partial charge in [0.1, 0.15) is 0 Å². The van der Waals surface area contributed by atoms with E-state index in [2.05, 4.69) is 4.98 Å². The first-order valence-corrected chi connectivity index (χ1v) is 8.34. The van der Waals surface area contributed by atoms with Gasteiger partial charge in [0.15, 0.2) is 0 Å². The van der Waals surface area contributed by atoms with Crippen molar-refractivity contribution < 1.29 is 8.42 Å². The molecule has 0 unspecified atom stereocenters. The van der Waals surface area contributed by atoms with Gasteiger partial charge in [-0.15, -0.1) is 0 Å². The molecule has 0 aromatic carbocycles. The molecular formula is C13H21N3O2S. The van der Waals surface area contributed by atoms with Gasteiger partial charge in [-0.05, 0) is 37.9 Å². The normalized spacial score (nSPS) is 15.9. The lowest BCUT2D eigenvalue weighted by Crippen LogP contribution is -2.37. The van der Waals surface area contributed by atoms with E-state index in [1.165, 1.54) is 0 Å². The monoisotopic (exact) mass is 283 g/mol. The molecule has 0 atom stereocenters. The zero-order valence-electron chi connectivity index (χ0n) is 11.0. The van der Waals surface area contributed by atoms with Gasteiger partial charge in [-0.2, -0.15) is 4.31 Å². The molecule has 5 nitrogen and oxygen atoms in total. The molecule has 1 aliphatic carbocycles. The summed E-state index contributed by atoms with van der Waals surface area (Å²) >= 11 is 0. The number of rotatable bonds is 8. The topological polar surface area (TPSA) is 76.3 Å². The first-order valence-electron chi connectivity index (χ1n) is 6.73. The molecule has 1 saturated carbocycles. The third kappa shape index (κ3) is 4.26. The van der Waals surface area contributed by atoms with Crippen molar-refractivity contribution >= 4 is 10.0 Å². The highest BCUT2D eigenvalue weighted by molar-refractivity contribution is 7.89.